The lowest BCUT2D eigenvalue weighted by Gasteiger charge is -2.21. The SMILES string of the molecule is C=C(C)CN(CC)C(=O)Cn1c(=CC(=O)OCC)sc(=Cc2c(OC)ccc3ccccc23)c1=O. The second-order valence-electron chi connectivity index (χ2n) is 8.00. The molecule has 0 aliphatic carbocycles. The summed E-state index contributed by atoms with van der Waals surface area (Å²) >= 11 is 1.13. The molecule has 0 N–H and O–H groups in total. The molecule has 0 saturated heterocycles. The highest BCUT2D eigenvalue weighted by atomic mass is 32.1. The molecule has 0 unspecified atom stereocenters. The number of methoxy groups -OCH3 is 1. The fraction of sp³-hybridized carbons (Fsp3) is 0.296. The highest BCUT2D eigenvalue weighted by molar-refractivity contribution is 7.07. The average Bonchev–Trinajstić information content (AvgIpc) is 3.11. The molecule has 0 bridgehead atoms. The molecule has 1 heterocycles. The standard InChI is InChI=1S/C27H30N2O5S/c1-6-28(16-18(3)4)24(30)17-29-25(15-26(31)34-7-2)35-23(27(29)32)14-21-20-11-9-8-10-19(20)12-13-22(21)33-5/h8-15H,3,6-7,16-17H2,1-2,4-5H3. The zero-order chi connectivity index (χ0) is 25.5. The number of nitrogens with zero attached hydrogens (tertiary/aromatic N) is 2. The third-order valence-corrected chi connectivity index (χ3v) is 6.44. The molecule has 0 fully saturated rings. The number of esters is 1. The van der Waals surface area contributed by atoms with Gasteiger partial charge < -0.3 is 14.4 Å². The number of fused-ring (bicyclic) bond motifs is 1. The van der Waals surface area contributed by atoms with E-state index in [0.717, 1.165) is 33.2 Å². The molecule has 7 nitrogen and oxygen atoms in total. The van der Waals surface area contributed by atoms with Gasteiger partial charge in [-0.25, -0.2) is 4.79 Å². The van der Waals surface area contributed by atoms with Crippen molar-refractivity contribution in [2.24, 2.45) is 0 Å². The molecule has 0 aliphatic heterocycles. The molecule has 8 heteroatoms. The van der Waals surface area contributed by atoms with Gasteiger partial charge in [-0.15, -0.1) is 11.3 Å². The Morgan fingerprint density at radius 3 is 2.57 bits per heavy atom. The van der Waals surface area contributed by atoms with Gasteiger partial charge in [0.2, 0.25) is 5.91 Å². The van der Waals surface area contributed by atoms with Crippen LogP contribution in [0.4, 0.5) is 0 Å². The largest absolute Gasteiger partial charge is 0.496 e. The maximum Gasteiger partial charge on any atom is 0.333 e. The Morgan fingerprint density at radius 1 is 1.17 bits per heavy atom. The number of amides is 1. The van der Waals surface area contributed by atoms with Crippen LogP contribution in [0.15, 0.2) is 53.3 Å². The van der Waals surface area contributed by atoms with E-state index in [1.54, 1.807) is 25.0 Å². The van der Waals surface area contributed by atoms with Crippen LogP contribution in [0.5, 0.6) is 5.75 Å². The molecule has 35 heavy (non-hydrogen) atoms. The molecule has 0 atom stereocenters. The minimum absolute atomic E-state index is 0.192. The second kappa shape index (κ2) is 11.7. The molecule has 0 spiro atoms. The number of aromatic nitrogens is 1. The topological polar surface area (TPSA) is 77.8 Å². The fourth-order valence-electron chi connectivity index (χ4n) is 3.75. The van der Waals surface area contributed by atoms with Crippen LogP contribution in [0.3, 0.4) is 0 Å². The average molecular weight is 495 g/mol. The molecule has 3 aromatic rings. The Balaban J connectivity index is 2.21. The summed E-state index contributed by atoms with van der Waals surface area (Å²) in [6.07, 6.45) is 3.01. The Kier molecular flexibility index (Phi) is 8.65. The molecular formula is C27H30N2O5S. The van der Waals surface area contributed by atoms with E-state index in [4.69, 9.17) is 9.47 Å². The third kappa shape index (κ3) is 6.08. The maximum absolute atomic E-state index is 13.5. The van der Waals surface area contributed by atoms with Gasteiger partial charge in [-0.1, -0.05) is 42.5 Å². The fourth-order valence-corrected chi connectivity index (χ4v) is 4.76. The first-order chi connectivity index (χ1) is 16.8. The molecule has 0 saturated carbocycles. The number of carbonyl (C=O) groups is 2. The van der Waals surface area contributed by atoms with Crippen LogP contribution in [0.25, 0.3) is 22.9 Å². The van der Waals surface area contributed by atoms with E-state index < -0.39 is 5.97 Å². The van der Waals surface area contributed by atoms with Crippen molar-refractivity contribution in [3.63, 3.8) is 0 Å². The second-order valence-corrected chi connectivity index (χ2v) is 9.07. The molecule has 184 valence electrons. The van der Waals surface area contributed by atoms with Crippen molar-refractivity contribution in [2.75, 3.05) is 26.8 Å². The lowest BCUT2D eigenvalue weighted by molar-refractivity contribution is -0.135. The lowest BCUT2D eigenvalue weighted by Crippen LogP contribution is -2.41. The number of likely N-dealkylation sites (N-methyl/N-ethyl adjacent to an activating group) is 1. The van der Waals surface area contributed by atoms with Gasteiger partial charge in [-0.05, 0) is 43.7 Å². The number of rotatable bonds is 9. The van der Waals surface area contributed by atoms with Crippen LogP contribution in [-0.4, -0.2) is 48.1 Å². The van der Waals surface area contributed by atoms with Crippen LogP contribution in [0.1, 0.15) is 26.3 Å². The minimum atomic E-state index is -0.571. The molecule has 0 aliphatic rings. The van der Waals surface area contributed by atoms with E-state index >= 15 is 0 Å². The summed E-state index contributed by atoms with van der Waals surface area (Å²) in [5.74, 6) is -0.185. The number of carbonyl (C=O) groups excluding carboxylic acids is 2. The maximum atomic E-state index is 13.5. The quantitative estimate of drug-likeness (QED) is 0.338. The summed E-state index contributed by atoms with van der Waals surface area (Å²) < 4.78 is 12.7. The summed E-state index contributed by atoms with van der Waals surface area (Å²) in [7, 11) is 1.58. The number of benzene rings is 2. The van der Waals surface area contributed by atoms with Gasteiger partial charge in [0.05, 0.1) is 24.3 Å². The number of ether oxygens (including phenoxy) is 2. The van der Waals surface area contributed by atoms with E-state index in [2.05, 4.69) is 6.58 Å². The van der Waals surface area contributed by atoms with Gasteiger partial charge in [0, 0.05) is 18.7 Å². The monoisotopic (exact) mass is 494 g/mol. The van der Waals surface area contributed by atoms with Gasteiger partial charge >= 0.3 is 5.97 Å². The zero-order valence-corrected chi connectivity index (χ0v) is 21.3. The third-order valence-electron chi connectivity index (χ3n) is 5.38. The van der Waals surface area contributed by atoms with E-state index in [0.29, 0.717) is 28.0 Å². The first kappa shape index (κ1) is 26.0. The van der Waals surface area contributed by atoms with E-state index in [1.165, 1.54) is 10.6 Å². The Labute approximate surface area is 208 Å². The highest BCUT2D eigenvalue weighted by Crippen LogP contribution is 2.28. The molecule has 1 amide bonds. The molecule has 3 rings (SSSR count). The van der Waals surface area contributed by atoms with Gasteiger partial charge in [0.15, 0.2) is 0 Å². The van der Waals surface area contributed by atoms with Crippen molar-refractivity contribution in [3.05, 3.63) is 73.7 Å². The summed E-state index contributed by atoms with van der Waals surface area (Å²) in [4.78, 5) is 40.3. The van der Waals surface area contributed by atoms with Gasteiger partial charge in [0.25, 0.3) is 5.56 Å². The van der Waals surface area contributed by atoms with Crippen LogP contribution in [-0.2, 0) is 20.9 Å². The Hall–Kier alpha value is -3.65. The van der Waals surface area contributed by atoms with Crippen molar-refractivity contribution in [2.45, 2.75) is 27.3 Å². The van der Waals surface area contributed by atoms with E-state index in [9.17, 15) is 14.4 Å². The van der Waals surface area contributed by atoms with Gasteiger partial charge in [0.1, 0.15) is 17.0 Å². The number of hydrogen-bond donors (Lipinski definition) is 0. The van der Waals surface area contributed by atoms with E-state index in [1.807, 2.05) is 50.2 Å². The number of thiazole rings is 1. The summed E-state index contributed by atoms with van der Waals surface area (Å²) in [5.41, 5.74) is 1.23. The molecule has 2 aromatic carbocycles. The van der Waals surface area contributed by atoms with Crippen molar-refractivity contribution in [1.82, 2.24) is 9.47 Å². The van der Waals surface area contributed by atoms with Crippen molar-refractivity contribution < 1.29 is 19.1 Å². The van der Waals surface area contributed by atoms with Crippen LogP contribution in [0, 0.1) is 0 Å². The normalized spacial score (nSPS) is 12.1. The summed E-state index contributed by atoms with van der Waals surface area (Å²) in [6.45, 7) is 10.2. The Morgan fingerprint density at radius 2 is 1.91 bits per heavy atom. The molecular weight excluding hydrogens is 464 g/mol. The van der Waals surface area contributed by atoms with Crippen molar-refractivity contribution in [1.29, 1.82) is 0 Å². The van der Waals surface area contributed by atoms with Crippen LogP contribution in [0.2, 0.25) is 0 Å². The van der Waals surface area contributed by atoms with Crippen LogP contribution >= 0.6 is 11.3 Å². The lowest BCUT2D eigenvalue weighted by atomic mass is 10.0. The van der Waals surface area contributed by atoms with Crippen LogP contribution < -0.4 is 19.5 Å². The molecule has 0 radical (unpaired) electrons. The van der Waals surface area contributed by atoms with Gasteiger partial charge in [-0.2, -0.15) is 0 Å². The number of hydrogen-bond acceptors (Lipinski definition) is 6. The summed E-state index contributed by atoms with van der Waals surface area (Å²) in [5, 5.41) is 1.93. The van der Waals surface area contributed by atoms with Crippen molar-refractivity contribution >= 4 is 46.1 Å². The first-order valence-electron chi connectivity index (χ1n) is 11.4. The van der Waals surface area contributed by atoms with Gasteiger partial charge in [-0.3, -0.25) is 14.2 Å². The summed E-state index contributed by atoms with van der Waals surface area (Å²) in [6, 6.07) is 11.6. The van der Waals surface area contributed by atoms with E-state index in [-0.39, 0.29) is 24.6 Å². The smallest absolute Gasteiger partial charge is 0.333 e. The predicted molar refractivity (Wildman–Crippen MR) is 140 cm³/mol. The van der Waals surface area contributed by atoms with Crippen molar-refractivity contribution in [3.8, 4) is 5.75 Å². The Bertz CT molecular complexity index is 1430. The predicted octanol–water partition coefficient (Wildman–Crippen LogP) is 2.67. The molecule has 1 aromatic heterocycles. The zero-order valence-electron chi connectivity index (χ0n) is 20.5. The minimum Gasteiger partial charge on any atom is -0.496 e. The highest BCUT2D eigenvalue weighted by Gasteiger charge is 2.17. The first-order valence-corrected chi connectivity index (χ1v) is 12.2.